The highest BCUT2D eigenvalue weighted by Crippen LogP contribution is 2.42. The number of carbonyl (C=O) groups is 1. The van der Waals surface area contributed by atoms with Crippen LogP contribution in [-0.4, -0.2) is 27.1 Å². The molecule has 3 rings (SSSR count). The van der Waals surface area contributed by atoms with Crippen LogP contribution in [0.15, 0.2) is 70.5 Å². The van der Waals surface area contributed by atoms with Crippen molar-refractivity contribution in [2.45, 2.75) is 4.90 Å². The lowest BCUT2D eigenvalue weighted by Crippen LogP contribution is -2.02. The quantitative estimate of drug-likeness (QED) is 0.199. The van der Waals surface area contributed by atoms with Gasteiger partial charge in [-0.3, -0.25) is 4.79 Å². The Morgan fingerprint density at radius 2 is 1.52 bits per heavy atom. The zero-order valence-electron chi connectivity index (χ0n) is 17.1. The second kappa shape index (κ2) is 10.6. The van der Waals surface area contributed by atoms with Gasteiger partial charge in [-0.25, -0.2) is 0 Å². The number of allylic oxidation sites excluding steroid dienone is 1. The molecule has 0 heterocycles. The Kier molecular flexibility index (Phi) is 7.91. The van der Waals surface area contributed by atoms with E-state index in [1.54, 1.807) is 49.6 Å². The molecule has 0 saturated carbocycles. The van der Waals surface area contributed by atoms with Gasteiger partial charge in [0.05, 0.1) is 31.3 Å². The zero-order valence-corrected chi connectivity index (χ0v) is 19.5. The molecule has 4 nitrogen and oxygen atoms in total. The fourth-order valence-electron chi connectivity index (χ4n) is 2.91. The molecule has 0 atom stereocenters. The number of Topliss-reactive ketones (excluding diaryl/α,β-unsaturated/α-hetero) is 1. The Hall–Kier alpha value is -2.60. The third-order valence-electron chi connectivity index (χ3n) is 4.41. The average molecular weight is 475 g/mol. The maximum absolute atomic E-state index is 13.4. The summed E-state index contributed by atoms with van der Waals surface area (Å²) in [4.78, 5) is 14.6. The molecule has 3 aromatic carbocycles. The maximum Gasteiger partial charge on any atom is 0.203 e. The van der Waals surface area contributed by atoms with Gasteiger partial charge >= 0.3 is 0 Å². The molecular weight excluding hydrogens is 455 g/mol. The van der Waals surface area contributed by atoms with E-state index in [0.29, 0.717) is 43.3 Å². The summed E-state index contributed by atoms with van der Waals surface area (Å²) in [6, 6.07) is 17.7. The Balaban J connectivity index is 2.14. The summed E-state index contributed by atoms with van der Waals surface area (Å²) in [6.07, 6.45) is 1.76. The van der Waals surface area contributed by atoms with Crippen LogP contribution in [-0.2, 0) is 0 Å². The summed E-state index contributed by atoms with van der Waals surface area (Å²) in [5.41, 5.74) is 1.17. The Morgan fingerprint density at radius 1 is 0.839 bits per heavy atom. The lowest BCUT2D eigenvalue weighted by Gasteiger charge is -2.15. The highest BCUT2D eigenvalue weighted by Gasteiger charge is 2.19. The van der Waals surface area contributed by atoms with E-state index in [-0.39, 0.29) is 5.78 Å². The van der Waals surface area contributed by atoms with Gasteiger partial charge in [-0.05, 0) is 54.6 Å². The number of ketones is 1. The Morgan fingerprint density at radius 3 is 2.13 bits per heavy atom. The van der Waals surface area contributed by atoms with Gasteiger partial charge in [0, 0.05) is 21.0 Å². The van der Waals surface area contributed by atoms with E-state index in [4.69, 9.17) is 37.4 Å². The highest BCUT2D eigenvalue weighted by molar-refractivity contribution is 8.04. The third kappa shape index (κ3) is 5.37. The van der Waals surface area contributed by atoms with Crippen LogP contribution in [0.5, 0.6) is 17.2 Å². The van der Waals surface area contributed by atoms with E-state index in [1.165, 1.54) is 26.0 Å². The molecule has 160 valence electrons. The smallest absolute Gasteiger partial charge is 0.203 e. The molecule has 0 spiro atoms. The van der Waals surface area contributed by atoms with E-state index in [1.807, 2.05) is 24.3 Å². The van der Waals surface area contributed by atoms with E-state index in [2.05, 4.69) is 0 Å². The molecule has 0 aromatic heterocycles. The minimum Gasteiger partial charge on any atom is -0.493 e. The van der Waals surface area contributed by atoms with Crippen LogP contribution in [0.25, 0.3) is 6.08 Å². The average Bonchev–Trinajstić information content (AvgIpc) is 2.79. The van der Waals surface area contributed by atoms with Crippen molar-refractivity contribution in [1.29, 1.82) is 0 Å². The van der Waals surface area contributed by atoms with Crippen molar-refractivity contribution in [3.63, 3.8) is 0 Å². The number of benzene rings is 3. The van der Waals surface area contributed by atoms with Crippen molar-refractivity contribution in [3.05, 3.63) is 86.7 Å². The zero-order chi connectivity index (χ0) is 22.4. The predicted molar refractivity (Wildman–Crippen MR) is 127 cm³/mol. The summed E-state index contributed by atoms with van der Waals surface area (Å²) in [7, 11) is 4.62. The number of ether oxygens (including phenoxy) is 3. The molecule has 0 radical (unpaired) electrons. The van der Waals surface area contributed by atoms with Gasteiger partial charge in [0.1, 0.15) is 0 Å². The Bertz CT molecular complexity index is 1110. The summed E-state index contributed by atoms with van der Waals surface area (Å²) < 4.78 is 16.4. The van der Waals surface area contributed by atoms with Crippen LogP contribution in [0.4, 0.5) is 0 Å². The second-order valence-electron chi connectivity index (χ2n) is 6.30. The normalized spacial score (nSPS) is 11.2. The summed E-state index contributed by atoms with van der Waals surface area (Å²) in [5, 5.41) is 1.11. The highest BCUT2D eigenvalue weighted by atomic mass is 35.5. The van der Waals surface area contributed by atoms with Gasteiger partial charge in [-0.15, -0.1) is 0 Å². The first-order chi connectivity index (χ1) is 15.0. The molecule has 0 aliphatic carbocycles. The number of carbonyl (C=O) groups excluding carboxylic acids is 1. The first-order valence-electron chi connectivity index (χ1n) is 9.21. The standard InChI is InChI=1S/C24H20Cl2O4S/c1-28-19-13-10-16(23(29-2)24(19)30-3)14-21(31-20-7-5-4-6-18(20)26)22(27)15-8-11-17(25)12-9-15/h4-14H,1-3H3/b21-14+. The SMILES string of the molecule is COc1ccc(/C=C(/Sc2ccccc2Cl)C(=O)c2ccc(Cl)cc2)c(OC)c1OC. The largest absolute Gasteiger partial charge is 0.493 e. The van der Waals surface area contributed by atoms with Crippen molar-refractivity contribution >= 4 is 46.8 Å². The van der Waals surface area contributed by atoms with E-state index in [0.717, 1.165) is 4.90 Å². The Labute approximate surface area is 195 Å². The summed E-state index contributed by atoms with van der Waals surface area (Å²) in [5.74, 6) is 1.27. The van der Waals surface area contributed by atoms with Crippen LogP contribution in [0, 0.1) is 0 Å². The second-order valence-corrected chi connectivity index (χ2v) is 8.23. The van der Waals surface area contributed by atoms with Gasteiger partial charge in [0.15, 0.2) is 17.3 Å². The predicted octanol–water partition coefficient (Wildman–Crippen LogP) is 7.04. The number of hydrogen-bond acceptors (Lipinski definition) is 5. The molecule has 0 unspecified atom stereocenters. The molecule has 0 N–H and O–H groups in total. The van der Waals surface area contributed by atoms with Crippen molar-refractivity contribution < 1.29 is 19.0 Å². The number of hydrogen-bond donors (Lipinski definition) is 0. The molecule has 0 aliphatic heterocycles. The first kappa shape index (κ1) is 23.1. The minimum atomic E-state index is -0.168. The lowest BCUT2D eigenvalue weighted by atomic mass is 10.1. The fourth-order valence-corrected chi connectivity index (χ4v) is 4.23. The van der Waals surface area contributed by atoms with Crippen LogP contribution < -0.4 is 14.2 Å². The molecule has 0 bridgehead atoms. The summed E-state index contributed by atoms with van der Waals surface area (Å²) >= 11 is 13.6. The van der Waals surface area contributed by atoms with E-state index >= 15 is 0 Å². The molecule has 0 amide bonds. The van der Waals surface area contributed by atoms with Crippen LogP contribution in [0.1, 0.15) is 15.9 Å². The minimum absolute atomic E-state index is 0.168. The molecular formula is C24H20Cl2O4S. The molecule has 7 heteroatoms. The van der Waals surface area contributed by atoms with Crippen LogP contribution >= 0.6 is 35.0 Å². The van der Waals surface area contributed by atoms with Crippen molar-refractivity contribution in [3.8, 4) is 17.2 Å². The van der Waals surface area contributed by atoms with E-state index < -0.39 is 0 Å². The van der Waals surface area contributed by atoms with Gasteiger partial charge in [0.25, 0.3) is 0 Å². The van der Waals surface area contributed by atoms with Crippen molar-refractivity contribution in [2.75, 3.05) is 21.3 Å². The van der Waals surface area contributed by atoms with Gasteiger partial charge in [-0.2, -0.15) is 0 Å². The summed E-state index contributed by atoms with van der Waals surface area (Å²) in [6.45, 7) is 0. The fraction of sp³-hybridized carbons (Fsp3) is 0.125. The monoisotopic (exact) mass is 474 g/mol. The van der Waals surface area contributed by atoms with Crippen molar-refractivity contribution in [2.24, 2.45) is 0 Å². The number of thioether (sulfide) groups is 1. The number of rotatable bonds is 8. The first-order valence-corrected chi connectivity index (χ1v) is 10.8. The molecule has 0 fully saturated rings. The lowest BCUT2D eigenvalue weighted by molar-refractivity contribution is 0.104. The molecule has 31 heavy (non-hydrogen) atoms. The molecule has 0 aliphatic rings. The number of halogens is 2. The van der Waals surface area contributed by atoms with Gasteiger partial charge < -0.3 is 14.2 Å². The van der Waals surface area contributed by atoms with Gasteiger partial charge in [-0.1, -0.05) is 47.1 Å². The number of methoxy groups -OCH3 is 3. The van der Waals surface area contributed by atoms with Crippen LogP contribution in [0.2, 0.25) is 10.0 Å². The maximum atomic E-state index is 13.4. The van der Waals surface area contributed by atoms with Crippen LogP contribution in [0.3, 0.4) is 0 Å². The van der Waals surface area contributed by atoms with E-state index in [9.17, 15) is 4.79 Å². The molecule has 3 aromatic rings. The molecule has 0 saturated heterocycles. The third-order valence-corrected chi connectivity index (χ3v) is 6.20. The topological polar surface area (TPSA) is 44.8 Å². The van der Waals surface area contributed by atoms with Crippen molar-refractivity contribution in [1.82, 2.24) is 0 Å². The van der Waals surface area contributed by atoms with Gasteiger partial charge in [0.2, 0.25) is 5.75 Å².